The number of carbonyl (C=O) groups excluding carboxylic acids is 1. The Kier molecular flexibility index (Phi) is 5.88. The number of hydrogen-bond donors (Lipinski definition) is 1. The number of nitrogens with zero attached hydrogens (tertiary/aromatic N) is 2. The van der Waals surface area contributed by atoms with E-state index in [1.165, 1.54) is 22.5 Å². The number of hydrogen-bond acceptors (Lipinski definition) is 5. The number of halogens is 1. The molecule has 2 heterocycles. The molecule has 0 unspecified atom stereocenters. The number of nitrogens with two attached hydrogens (primary N) is 1. The zero-order chi connectivity index (χ0) is 22.2. The lowest BCUT2D eigenvalue weighted by Gasteiger charge is -2.17. The number of ether oxygens (including phenoxy) is 1. The third-order valence-electron chi connectivity index (χ3n) is 5.30. The zero-order valence-corrected chi connectivity index (χ0v) is 18.5. The summed E-state index contributed by atoms with van der Waals surface area (Å²) in [5.74, 6) is -0.584. The monoisotopic (exact) mass is 459 g/mol. The minimum atomic E-state index is -3.67. The van der Waals surface area contributed by atoms with Crippen LogP contribution in [0.25, 0.3) is 10.9 Å². The summed E-state index contributed by atoms with van der Waals surface area (Å²) >= 11 is 6.31. The Balaban J connectivity index is 1.61. The minimum absolute atomic E-state index is 0.000711. The quantitative estimate of drug-likeness (QED) is 0.566. The number of sulfonamides is 1. The Morgan fingerprint density at radius 1 is 1.16 bits per heavy atom. The number of aryl methyl sites for hydroxylation is 1. The molecule has 0 atom stereocenters. The molecule has 1 aliphatic rings. The maximum Gasteiger partial charge on any atom is 0.252 e. The molecular formula is C22H22ClN3O4S. The van der Waals surface area contributed by atoms with Gasteiger partial charge in [-0.2, -0.15) is 4.31 Å². The minimum Gasteiger partial charge on any atom is -0.488 e. The van der Waals surface area contributed by atoms with Gasteiger partial charge in [-0.25, -0.2) is 13.4 Å². The number of fused-ring (bicyclic) bond motifs is 1. The van der Waals surface area contributed by atoms with Gasteiger partial charge in [-0.15, -0.1) is 0 Å². The van der Waals surface area contributed by atoms with Crippen molar-refractivity contribution in [1.82, 2.24) is 9.29 Å². The van der Waals surface area contributed by atoms with Crippen LogP contribution < -0.4 is 10.5 Å². The molecule has 162 valence electrons. The lowest BCUT2D eigenvalue weighted by Crippen LogP contribution is -2.28. The van der Waals surface area contributed by atoms with Gasteiger partial charge in [-0.1, -0.05) is 23.7 Å². The van der Waals surface area contributed by atoms with Crippen LogP contribution in [-0.2, 0) is 16.6 Å². The molecule has 31 heavy (non-hydrogen) atoms. The van der Waals surface area contributed by atoms with Crippen molar-refractivity contribution in [3.05, 3.63) is 64.3 Å². The Morgan fingerprint density at radius 3 is 2.61 bits per heavy atom. The lowest BCUT2D eigenvalue weighted by atomic mass is 10.1. The first-order valence-corrected chi connectivity index (χ1v) is 11.7. The van der Waals surface area contributed by atoms with Crippen LogP contribution in [0.5, 0.6) is 5.75 Å². The van der Waals surface area contributed by atoms with E-state index in [1.807, 2.05) is 31.2 Å². The highest BCUT2D eigenvalue weighted by molar-refractivity contribution is 7.89. The molecule has 7 nitrogen and oxygen atoms in total. The molecule has 4 rings (SSSR count). The van der Waals surface area contributed by atoms with Crippen molar-refractivity contribution in [3.63, 3.8) is 0 Å². The van der Waals surface area contributed by atoms with E-state index < -0.39 is 15.9 Å². The molecule has 1 aromatic heterocycles. The van der Waals surface area contributed by atoms with Gasteiger partial charge in [0.15, 0.2) is 0 Å². The van der Waals surface area contributed by atoms with Crippen molar-refractivity contribution >= 4 is 38.4 Å². The van der Waals surface area contributed by atoms with Crippen molar-refractivity contribution in [2.75, 3.05) is 13.1 Å². The van der Waals surface area contributed by atoms with Crippen molar-refractivity contribution in [3.8, 4) is 5.75 Å². The fourth-order valence-electron chi connectivity index (χ4n) is 3.62. The molecule has 1 aliphatic heterocycles. The summed E-state index contributed by atoms with van der Waals surface area (Å²) in [6.07, 6.45) is 1.65. The second kappa shape index (κ2) is 8.45. The van der Waals surface area contributed by atoms with Crippen LogP contribution in [0.15, 0.2) is 47.4 Å². The van der Waals surface area contributed by atoms with E-state index in [2.05, 4.69) is 4.98 Å². The van der Waals surface area contributed by atoms with Crippen molar-refractivity contribution in [2.24, 2.45) is 5.73 Å². The van der Waals surface area contributed by atoms with Crippen LogP contribution in [-0.4, -0.2) is 36.7 Å². The molecular weight excluding hydrogens is 438 g/mol. The van der Waals surface area contributed by atoms with Gasteiger partial charge in [0.25, 0.3) is 5.91 Å². The van der Waals surface area contributed by atoms with Gasteiger partial charge in [0.1, 0.15) is 17.5 Å². The van der Waals surface area contributed by atoms with Gasteiger partial charge < -0.3 is 10.5 Å². The molecule has 0 spiro atoms. The summed E-state index contributed by atoms with van der Waals surface area (Å²) in [5, 5.41) is 1.21. The first-order chi connectivity index (χ1) is 14.8. The lowest BCUT2D eigenvalue weighted by molar-refractivity contribution is 0.0995. The van der Waals surface area contributed by atoms with E-state index in [0.717, 1.165) is 29.3 Å². The van der Waals surface area contributed by atoms with Crippen molar-refractivity contribution < 1.29 is 17.9 Å². The van der Waals surface area contributed by atoms with E-state index in [0.29, 0.717) is 23.8 Å². The Labute approximate surface area is 185 Å². The molecule has 1 fully saturated rings. The maximum absolute atomic E-state index is 12.8. The van der Waals surface area contributed by atoms with Gasteiger partial charge in [0.2, 0.25) is 10.0 Å². The average Bonchev–Trinajstić information content (AvgIpc) is 3.28. The van der Waals surface area contributed by atoms with Crippen LogP contribution in [0.4, 0.5) is 0 Å². The Morgan fingerprint density at radius 2 is 1.90 bits per heavy atom. The predicted molar refractivity (Wildman–Crippen MR) is 119 cm³/mol. The van der Waals surface area contributed by atoms with Gasteiger partial charge >= 0.3 is 0 Å². The number of amides is 1. The van der Waals surface area contributed by atoms with Crippen LogP contribution in [0.2, 0.25) is 5.15 Å². The first kappa shape index (κ1) is 21.5. The highest BCUT2D eigenvalue weighted by Crippen LogP contribution is 2.28. The van der Waals surface area contributed by atoms with E-state index in [9.17, 15) is 13.2 Å². The molecule has 0 saturated carbocycles. The summed E-state index contributed by atoms with van der Waals surface area (Å²) in [4.78, 5) is 16.4. The third-order valence-corrected chi connectivity index (χ3v) is 7.52. The summed E-state index contributed by atoms with van der Waals surface area (Å²) in [6, 6.07) is 11.9. The maximum atomic E-state index is 12.8. The van der Waals surface area contributed by atoms with Gasteiger partial charge in [0.05, 0.1) is 16.0 Å². The van der Waals surface area contributed by atoms with Crippen LogP contribution in [0, 0.1) is 6.92 Å². The number of aromatic nitrogens is 1. The summed E-state index contributed by atoms with van der Waals surface area (Å²) < 4.78 is 32.8. The van der Waals surface area contributed by atoms with Crippen molar-refractivity contribution in [1.29, 1.82) is 0 Å². The molecule has 2 N–H and O–H groups in total. The van der Waals surface area contributed by atoms with E-state index >= 15 is 0 Å². The number of benzene rings is 2. The molecule has 1 amide bonds. The van der Waals surface area contributed by atoms with E-state index in [4.69, 9.17) is 22.1 Å². The Hall–Kier alpha value is -2.68. The third kappa shape index (κ3) is 4.37. The second-order valence-electron chi connectivity index (χ2n) is 7.56. The standard InChI is InChI=1S/C22H22ClN3O4S/c1-14-4-5-15-11-16(21(23)25-19(15)10-14)13-30-20-7-6-17(12-18(20)22(24)27)31(28,29)26-8-2-3-9-26/h4-7,10-12H,2-3,8-9,13H2,1H3,(H2,24,27). The van der Waals surface area contributed by atoms with Crippen LogP contribution >= 0.6 is 11.6 Å². The van der Waals surface area contributed by atoms with E-state index in [-0.39, 0.29) is 22.8 Å². The van der Waals surface area contributed by atoms with Gasteiger partial charge in [-0.05, 0) is 55.7 Å². The number of rotatable bonds is 6. The fourth-order valence-corrected chi connectivity index (χ4v) is 5.36. The molecule has 2 aromatic carbocycles. The highest BCUT2D eigenvalue weighted by atomic mass is 35.5. The highest BCUT2D eigenvalue weighted by Gasteiger charge is 2.28. The van der Waals surface area contributed by atoms with E-state index in [1.54, 1.807) is 0 Å². The van der Waals surface area contributed by atoms with Gasteiger partial charge in [0, 0.05) is 24.0 Å². The summed E-state index contributed by atoms with van der Waals surface area (Å²) in [7, 11) is -3.67. The summed E-state index contributed by atoms with van der Waals surface area (Å²) in [6.45, 7) is 2.97. The molecule has 9 heteroatoms. The van der Waals surface area contributed by atoms with Gasteiger partial charge in [-0.3, -0.25) is 4.79 Å². The normalized spacial score (nSPS) is 14.8. The Bertz CT molecular complexity index is 1270. The zero-order valence-electron chi connectivity index (χ0n) is 17.0. The summed E-state index contributed by atoms with van der Waals surface area (Å²) in [5.41, 5.74) is 8.00. The van der Waals surface area contributed by atoms with Crippen LogP contribution in [0.1, 0.15) is 34.3 Å². The largest absolute Gasteiger partial charge is 0.488 e. The fraction of sp³-hybridized carbons (Fsp3) is 0.273. The average molecular weight is 460 g/mol. The second-order valence-corrected chi connectivity index (χ2v) is 9.85. The molecule has 1 saturated heterocycles. The van der Waals surface area contributed by atoms with Crippen molar-refractivity contribution in [2.45, 2.75) is 31.3 Å². The first-order valence-electron chi connectivity index (χ1n) is 9.88. The van der Waals surface area contributed by atoms with Crippen LogP contribution in [0.3, 0.4) is 0 Å². The molecule has 0 aliphatic carbocycles. The number of pyridine rings is 1. The molecule has 0 radical (unpaired) electrons. The number of carbonyl (C=O) groups is 1. The SMILES string of the molecule is Cc1ccc2cc(COc3ccc(S(=O)(=O)N4CCCC4)cc3C(N)=O)c(Cl)nc2c1. The number of primary amides is 1. The molecule has 0 bridgehead atoms. The topological polar surface area (TPSA) is 103 Å². The smallest absolute Gasteiger partial charge is 0.252 e. The molecule has 3 aromatic rings. The predicted octanol–water partition coefficient (Wildman–Crippen LogP) is 3.66.